The van der Waals surface area contributed by atoms with E-state index in [-0.39, 0.29) is 24.1 Å². The van der Waals surface area contributed by atoms with Crippen molar-refractivity contribution in [3.8, 4) is 0 Å². The predicted octanol–water partition coefficient (Wildman–Crippen LogP) is 2.58. The number of carbonyl (C=O) groups is 2. The first-order valence-electron chi connectivity index (χ1n) is 11.4. The molecule has 0 aliphatic carbocycles. The number of aromatic nitrogens is 1. The second-order valence-corrected chi connectivity index (χ2v) is 8.20. The molecule has 0 saturated carbocycles. The molecule has 1 atom stereocenters. The van der Waals surface area contributed by atoms with Gasteiger partial charge in [0.05, 0.1) is 6.61 Å². The summed E-state index contributed by atoms with van der Waals surface area (Å²) in [6.45, 7) is 5.86. The normalized spacial score (nSPS) is 19.5. The summed E-state index contributed by atoms with van der Waals surface area (Å²) in [7, 11) is 0. The van der Waals surface area contributed by atoms with E-state index >= 15 is 0 Å². The van der Waals surface area contributed by atoms with E-state index < -0.39 is 0 Å². The first-order valence-corrected chi connectivity index (χ1v) is 11.4. The lowest BCUT2D eigenvalue weighted by atomic mass is 10.0. The van der Waals surface area contributed by atoms with Crippen molar-refractivity contribution in [2.75, 3.05) is 44.2 Å². The molecule has 3 heterocycles. The number of anilines is 1. The van der Waals surface area contributed by atoms with Crippen molar-refractivity contribution in [3.05, 3.63) is 59.8 Å². The van der Waals surface area contributed by atoms with Gasteiger partial charge in [0.1, 0.15) is 5.82 Å². The number of benzene rings is 1. The van der Waals surface area contributed by atoms with Crippen LogP contribution < -0.4 is 15.5 Å². The molecule has 0 spiro atoms. The van der Waals surface area contributed by atoms with Crippen LogP contribution in [-0.2, 0) is 4.74 Å². The smallest absolute Gasteiger partial charge is 0.409 e. The Morgan fingerprint density at radius 3 is 2.69 bits per heavy atom. The van der Waals surface area contributed by atoms with E-state index in [2.05, 4.69) is 44.8 Å². The summed E-state index contributed by atoms with van der Waals surface area (Å²) in [5.41, 5.74) is 1.86. The van der Waals surface area contributed by atoms with E-state index in [0.717, 1.165) is 38.3 Å². The molecule has 1 aromatic heterocycles. The molecule has 4 rings (SSSR count). The summed E-state index contributed by atoms with van der Waals surface area (Å²) in [6.07, 6.45) is 2.87. The Kier molecular flexibility index (Phi) is 7.21. The maximum atomic E-state index is 12.9. The first kappa shape index (κ1) is 22.1. The number of carbonyl (C=O) groups excluding carboxylic acids is 2. The van der Waals surface area contributed by atoms with Crippen LogP contribution in [0.1, 0.15) is 41.7 Å². The van der Waals surface area contributed by atoms with Crippen molar-refractivity contribution in [2.45, 2.75) is 31.8 Å². The Morgan fingerprint density at radius 2 is 1.94 bits per heavy atom. The van der Waals surface area contributed by atoms with E-state index in [9.17, 15) is 9.59 Å². The van der Waals surface area contributed by atoms with Gasteiger partial charge in [0.2, 0.25) is 0 Å². The van der Waals surface area contributed by atoms with Crippen molar-refractivity contribution in [3.63, 3.8) is 0 Å². The van der Waals surface area contributed by atoms with Crippen LogP contribution in [0, 0.1) is 0 Å². The van der Waals surface area contributed by atoms with Crippen LogP contribution >= 0.6 is 0 Å². The lowest BCUT2D eigenvalue weighted by Crippen LogP contribution is -2.47. The molecule has 2 aliphatic rings. The molecule has 1 aromatic carbocycles. The summed E-state index contributed by atoms with van der Waals surface area (Å²) in [4.78, 5) is 33.2. The van der Waals surface area contributed by atoms with Crippen molar-refractivity contribution >= 4 is 17.8 Å². The van der Waals surface area contributed by atoms with Crippen LogP contribution in [-0.4, -0.2) is 67.3 Å². The summed E-state index contributed by atoms with van der Waals surface area (Å²) in [5.74, 6) is 0.718. The number of piperazine rings is 1. The van der Waals surface area contributed by atoms with E-state index in [1.54, 1.807) is 24.1 Å². The number of nitrogens with one attached hydrogen (secondary N) is 2. The van der Waals surface area contributed by atoms with Gasteiger partial charge in [-0.15, -0.1) is 0 Å². The Labute approximate surface area is 188 Å². The SMILES string of the molecule is CCOC(=O)N1CCC(NC(=O)c2ccnc(N3CCNC(c4ccccc4)C3)c2)CC1. The topological polar surface area (TPSA) is 86.8 Å². The number of nitrogens with zero attached hydrogens (tertiary/aromatic N) is 3. The highest BCUT2D eigenvalue weighted by Crippen LogP contribution is 2.22. The molecule has 8 heteroatoms. The third-order valence-corrected chi connectivity index (χ3v) is 6.07. The van der Waals surface area contributed by atoms with E-state index in [1.165, 1.54) is 5.56 Å². The monoisotopic (exact) mass is 437 g/mol. The third kappa shape index (κ3) is 5.37. The van der Waals surface area contributed by atoms with Gasteiger partial charge in [-0.3, -0.25) is 4.79 Å². The number of piperidine rings is 1. The Morgan fingerprint density at radius 1 is 1.16 bits per heavy atom. The van der Waals surface area contributed by atoms with Crippen molar-refractivity contribution in [1.82, 2.24) is 20.5 Å². The van der Waals surface area contributed by atoms with Gasteiger partial charge in [-0.25, -0.2) is 9.78 Å². The lowest BCUT2D eigenvalue weighted by molar-refractivity contribution is 0.0860. The minimum atomic E-state index is -0.277. The first-order chi connectivity index (χ1) is 15.6. The average Bonchev–Trinajstić information content (AvgIpc) is 2.85. The Hall–Kier alpha value is -3.13. The Balaban J connectivity index is 1.35. The second kappa shape index (κ2) is 10.5. The number of amides is 2. The maximum absolute atomic E-state index is 12.9. The summed E-state index contributed by atoms with van der Waals surface area (Å²) >= 11 is 0. The number of hydrogen-bond acceptors (Lipinski definition) is 6. The molecular formula is C24H31N5O3. The van der Waals surface area contributed by atoms with Gasteiger partial charge in [0.25, 0.3) is 5.91 Å². The predicted molar refractivity (Wildman–Crippen MR) is 123 cm³/mol. The van der Waals surface area contributed by atoms with Crippen LogP contribution in [0.3, 0.4) is 0 Å². The van der Waals surface area contributed by atoms with Crippen LogP contribution in [0.4, 0.5) is 10.6 Å². The highest BCUT2D eigenvalue weighted by molar-refractivity contribution is 5.95. The van der Waals surface area contributed by atoms with Gasteiger partial charge in [-0.2, -0.15) is 0 Å². The molecule has 2 saturated heterocycles. The fourth-order valence-corrected chi connectivity index (χ4v) is 4.29. The fraction of sp³-hybridized carbons (Fsp3) is 0.458. The molecule has 2 amide bonds. The highest BCUT2D eigenvalue weighted by Gasteiger charge is 2.26. The third-order valence-electron chi connectivity index (χ3n) is 6.07. The number of rotatable bonds is 5. The van der Waals surface area contributed by atoms with Gasteiger partial charge in [0.15, 0.2) is 0 Å². The van der Waals surface area contributed by atoms with Crippen molar-refractivity contribution in [2.24, 2.45) is 0 Å². The lowest BCUT2D eigenvalue weighted by Gasteiger charge is -2.35. The van der Waals surface area contributed by atoms with Crippen molar-refractivity contribution in [1.29, 1.82) is 0 Å². The van der Waals surface area contributed by atoms with E-state index in [0.29, 0.717) is 25.3 Å². The molecule has 2 aromatic rings. The van der Waals surface area contributed by atoms with Gasteiger partial charge < -0.3 is 25.2 Å². The minimum Gasteiger partial charge on any atom is -0.450 e. The second-order valence-electron chi connectivity index (χ2n) is 8.20. The summed E-state index contributed by atoms with van der Waals surface area (Å²) in [5, 5.41) is 6.68. The van der Waals surface area contributed by atoms with Gasteiger partial charge in [-0.1, -0.05) is 30.3 Å². The molecule has 8 nitrogen and oxygen atoms in total. The van der Waals surface area contributed by atoms with Crippen LogP contribution in [0.25, 0.3) is 0 Å². The highest BCUT2D eigenvalue weighted by atomic mass is 16.6. The fourth-order valence-electron chi connectivity index (χ4n) is 4.29. The number of hydrogen-bond donors (Lipinski definition) is 2. The standard InChI is InChI=1S/C24H31N5O3/c1-2-32-24(31)28-13-9-20(10-14-28)27-23(30)19-8-11-26-22(16-19)29-15-12-25-21(17-29)18-6-4-3-5-7-18/h3-8,11,16,20-21,25H,2,9-10,12-15,17H2,1H3,(H,27,30). The minimum absolute atomic E-state index is 0.0476. The zero-order valence-corrected chi connectivity index (χ0v) is 18.5. The Bertz CT molecular complexity index is 915. The van der Waals surface area contributed by atoms with Crippen molar-refractivity contribution < 1.29 is 14.3 Å². The number of ether oxygens (including phenoxy) is 1. The van der Waals surface area contributed by atoms with Gasteiger partial charge >= 0.3 is 6.09 Å². The van der Waals surface area contributed by atoms with E-state index in [1.807, 2.05) is 12.1 Å². The van der Waals surface area contributed by atoms with Crippen LogP contribution in [0.5, 0.6) is 0 Å². The molecule has 170 valence electrons. The largest absolute Gasteiger partial charge is 0.450 e. The average molecular weight is 438 g/mol. The van der Waals surface area contributed by atoms with Gasteiger partial charge in [0, 0.05) is 56.6 Å². The molecule has 0 radical (unpaired) electrons. The molecule has 32 heavy (non-hydrogen) atoms. The molecular weight excluding hydrogens is 406 g/mol. The van der Waals surface area contributed by atoms with Crippen LogP contribution in [0.15, 0.2) is 48.7 Å². The quantitative estimate of drug-likeness (QED) is 0.748. The van der Waals surface area contributed by atoms with Crippen LogP contribution in [0.2, 0.25) is 0 Å². The maximum Gasteiger partial charge on any atom is 0.409 e. The summed E-state index contributed by atoms with van der Waals surface area (Å²) < 4.78 is 5.06. The zero-order chi connectivity index (χ0) is 22.3. The molecule has 2 fully saturated rings. The molecule has 0 bridgehead atoms. The number of pyridine rings is 1. The van der Waals surface area contributed by atoms with Gasteiger partial charge in [-0.05, 0) is 37.5 Å². The summed E-state index contributed by atoms with van der Waals surface area (Å²) in [6, 6.07) is 14.3. The van der Waals surface area contributed by atoms with E-state index in [4.69, 9.17) is 4.74 Å². The molecule has 2 aliphatic heterocycles. The number of likely N-dealkylation sites (tertiary alicyclic amines) is 1. The molecule has 1 unspecified atom stereocenters. The zero-order valence-electron chi connectivity index (χ0n) is 18.5. The molecule has 2 N–H and O–H groups in total.